The molecule has 1 aliphatic rings. The number of anilines is 1. The monoisotopic (exact) mass is 245 g/mol. The number of nitrogens with zero attached hydrogens (tertiary/aromatic N) is 2. The van der Waals surface area contributed by atoms with Gasteiger partial charge in [-0.25, -0.2) is 0 Å². The van der Waals surface area contributed by atoms with E-state index < -0.39 is 11.9 Å². The lowest BCUT2D eigenvalue weighted by atomic mass is 10.2. The van der Waals surface area contributed by atoms with Crippen molar-refractivity contribution in [1.29, 1.82) is 0 Å². The lowest BCUT2D eigenvalue weighted by Gasteiger charge is -2.36. The number of hydrogen-bond donors (Lipinski definition) is 1. The molecule has 1 fully saturated rings. The van der Waals surface area contributed by atoms with Crippen molar-refractivity contribution in [2.45, 2.75) is 19.1 Å². The van der Waals surface area contributed by atoms with Crippen LogP contribution in [0.5, 0.6) is 0 Å². The number of rotatable bonds is 1. The average Bonchev–Trinajstić information content (AvgIpc) is 2.29. The van der Waals surface area contributed by atoms with Crippen molar-refractivity contribution in [3.63, 3.8) is 0 Å². The highest BCUT2D eigenvalue weighted by molar-refractivity contribution is 5.48. The second-order valence-electron chi connectivity index (χ2n) is 4.14. The van der Waals surface area contributed by atoms with Gasteiger partial charge in [-0.1, -0.05) is 0 Å². The quantitative estimate of drug-likeness (QED) is 0.819. The van der Waals surface area contributed by atoms with E-state index in [0.29, 0.717) is 12.2 Å². The molecule has 6 heteroatoms. The molecule has 0 aromatic carbocycles. The SMILES string of the molecule is CC1CNCCN1c1ccnc(C(F)(F)F)c1. The Balaban J connectivity index is 2.26. The summed E-state index contributed by atoms with van der Waals surface area (Å²) in [5.74, 6) is 0. The Morgan fingerprint density at radius 2 is 2.24 bits per heavy atom. The van der Waals surface area contributed by atoms with Crippen LogP contribution in [-0.2, 0) is 6.18 Å². The zero-order valence-electron chi connectivity index (χ0n) is 9.46. The summed E-state index contributed by atoms with van der Waals surface area (Å²) in [6.45, 7) is 4.26. The van der Waals surface area contributed by atoms with Crippen LogP contribution in [0, 0.1) is 0 Å². The van der Waals surface area contributed by atoms with Crippen molar-refractivity contribution >= 4 is 5.69 Å². The van der Waals surface area contributed by atoms with Gasteiger partial charge in [0.15, 0.2) is 0 Å². The van der Waals surface area contributed by atoms with Gasteiger partial charge in [-0.2, -0.15) is 13.2 Å². The molecule has 1 aliphatic heterocycles. The molecule has 1 atom stereocenters. The third kappa shape index (κ3) is 2.69. The largest absolute Gasteiger partial charge is 0.433 e. The predicted molar refractivity (Wildman–Crippen MR) is 58.9 cm³/mol. The van der Waals surface area contributed by atoms with E-state index in [1.807, 2.05) is 11.8 Å². The molecule has 17 heavy (non-hydrogen) atoms. The molecule has 0 aliphatic carbocycles. The summed E-state index contributed by atoms with van der Waals surface area (Å²) in [7, 11) is 0. The van der Waals surface area contributed by atoms with Gasteiger partial charge in [0.1, 0.15) is 5.69 Å². The zero-order valence-corrected chi connectivity index (χ0v) is 9.46. The molecule has 0 saturated carbocycles. The maximum Gasteiger partial charge on any atom is 0.433 e. The molecule has 2 heterocycles. The van der Waals surface area contributed by atoms with Crippen LogP contribution >= 0.6 is 0 Å². The van der Waals surface area contributed by atoms with E-state index in [4.69, 9.17) is 0 Å². The number of aromatic nitrogens is 1. The van der Waals surface area contributed by atoms with Crippen LogP contribution in [0.3, 0.4) is 0 Å². The van der Waals surface area contributed by atoms with E-state index in [1.165, 1.54) is 6.20 Å². The highest BCUT2D eigenvalue weighted by Crippen LogP contribution is 2.30. The smallest absolute Gasteiger partial charge is 0.366 e. The minimum absolute atomic E-state index is 0.187. The van der Waals surface area contributed by atoms with Crippen molar-refractivity contribution in [3.8, 4) is 0 Å². The minimum Gasteiger partial charge on any atom is -0.366 e. The minimum atomic E-state index is -4.38. The van der Waals surface area contributed by atoms with Gasteiger partial charge in [-0.15, -0.1) is 0 Å². The van der Waals surface area contributed by atoms with E-state index in [9.17, 15) is 13.2 Å². The normalized spacial score (nSPS) is 21.6. The van der Waals surface area contributed by atoms with Crippen molar-refractivity contribution in [1.82, 2.24) is 10.3 Å². The van der Waals surface area contributed by atoms with E-state index in [0.717, 1.165) is 19.2 Å². The van der Waals surface area contributed by atoms with Gasteiger partial charge in [-0.05, 0) is 19.1 Å². The van der Waals surface area contributed by atoms with Gasteiger partial charge >= 0.3 is 6.18 Å². The fraction of sp³-hybridized carbons (Fsp3) is 0.545. The molecule has 0 radical (unpaired) electrons. The summed E-state index contributed by atoms with van der Waals surface area (Å²) in [5, 5.41) is 3.20. The summed E-state index contributed by atoms with van der Waals surface area (Å²) in [5.41, 5.74) is -0.248. The van der Waals surface area contributed by atoms with Gasteiger partial charge in [0, 0.05) is 37.6 Å². The van der Waals surface area contributed by atoms with Gasteiger partial charge < -0.3 is 10.2 Å². The molecule has 0 amide bonds. The van der Waals surface area contributed by atoms with Crippen LogP contribution < -0.4 is 10.2 Å². The lowest BCUT2D eigenvalue weighted by Crippen LogP contribution is -2.50. The van der Waals surface area contributed by atoms with E-state index in [2.05, 4.69) is 10.3 Å². The van der Waals surface area contributed by atoms with Crippen molar-refractivity contribution in [3.05, 3.63) is 24.0 Å². The summed E-state index contributed by atoms with van der Waals surface area (Å²) in [6.07, 6.45) is -3.17. The Hall–Kier alpha value is -1.30. The van der Waals surface area contributed by atoms with Crippen LogP contribution in [0.4, 0.5) is 18.9 Å². The lowest BCUT2D eigenvalue weighted by molar-refractivity contribution is -0.141. The summed E-state index contributed by atoms with van der Waals surface area (Å²) in [4.78, 5) is 5.33. The molecular formula is C11H14F3N3. The standard InChI is InChI=1S/C11H14F3N3/c1-8-7-15-4-5-17(8)9-2-3-16-10(6-9)11(12,13)14/h2-3,6,8,15H,4-5,7H2,1H3. The summed E-state index contributed by atoms with van der Waals surface area (Å²) < 4.78 is 37.6. The second-order valence-corrected chi connectivity index (χ2v) is 4.14. The van der Waals surface area contributed by atoms with Crippen LogP contribution in [0.1, 0.15) is 12.6 Å². The van der Waals surface area contributed by atoms with Gasteiger partial charge in [0.2, 0.25) is 0 Å². The Kier molecular flexibility index (Phi) is 3.24. The van der Waals surface area contributed by atoms with E-state index >= 15 is 0 Å². The summed E-state index contributed by atoms with van der Waals surface area (Å²) in [6, 6.07) is 2.92. The van der Waals surface area contributed by atoms with E-state index in [-0.39, 0.29) is 6.04 Å². The predicted octanol–water partition coefficient (Wildman–Crippen LogP) is 1.90. The average molecular weight is 245 g/mol. The summed E-state index contributed by atoms with van der Waals surface area (Å²) >= 11 is 0. The third-order valence-corrected chi connectivity index (χ3v) is 2.87. The van der Waals surface area contributed by atoms with Crippen LogP contribution in [0.2, 0.25) is 0 Å². The molecule has 1 N–H and O–H groups in total. The Labute approximate surface area is 97.6 Å². The molecule has 2 rings (SSSR count). The van der Waals surface area contributed by atoms with Crippen molar-refractivity contribution in [2.75, 3.05) is 24.5 Å². The fourth-order valence-electron chi connectivity index (χ4n) is 1.98. The molecule has 1 aromatic rings. The fourth-order valence-corrected chi connectivity index (χ4v) is 1.98. The molecule has 1 unspecified atom stereocenters. The number of halogens is 3. The van der Waals surface area contributed by atoms with E-state index in [1.54, 1.807) is 6.07 Å². The number of hydrogen-bond acceptors (Lipinski definition) is 3. The first kappa shape index (κ1) is 12.2. The number of piperazine rings is 1. The van der Waals surface area contributed by atoms with Gasteiger partial charge in [0.05, 0.1) is 0 Å². The Bertz CT molecular complexity index is 392. The first-order valence-electron chi connectivity index (χ1n) is 5.49. The third-order valence-electron chi connectivity index (χ3n) is 2.87. The highest BCUT2D eigenvalue weighted by atomic mass is 19.4. The van der Waals surface area contributed by atoms with Crippen molar-refractivity contribution < 1.29 is 13.2 Å². The molecule has 1 saturated heterocycles. The maximum atomic E-state index is 12.5. The first-order valence-corrected chi connectivity index (χ1v) is 5.49. The molecule has 94 valence electrons. The Morgan fingerprint density at radius 1 is 1.47 bits per heavy atom. The molecule has 3 nitrogen and oxygen atoms in total. The number of alkyl halides is 3. The van der Waals surface area contributed by atoms with Gasteiger partial charge in [0.25, 0.3) is 0 Å². The van der Waals surface area contributed by atoms with Crippen LogP contribution in [0.15, 0.2) is 18.3 Å². The van der Waals surface area contributed by atoms with Crippen molar-refractivity contribution in [2.24, 2.45) is 0 Å². The molecule has 1 aromatic heterocycles. The maximum absolute atomic E-state index is 12.5. The Morgan fingerprint density at radius 3 is 2.88 bits per heavy atom. The second kappa shape index (κ2) is 4.52. The zero-order chi connectivity index (χ0) is 12.5. The topological polar surface area (TPSA) is 28.2 Å². The highest BCUT2D eigenvalue weighted by Gasteiger charge is 2.33. The number of nitrogens with one attached hydrogen (secondary N) is 1. The van der Waals surface area contributed by atoms with Crippen LogP contribution in [0.25, 0.3) is 0 Å². The van der Waals surface area contributed by atoms with Gasteiger partial charge in [-0.3, -0.25) is 4.98 Å². The first-order chi connectivity index (χ1) is 7.98. The molecule has 0 spiro atoms. The van der Waals surface area contributed by atoms with Crippen LogP contribution in [-0.4, -0.2) is 30.7 Å². The molecular weight excluding hydrogens is 231 g/mol. The number of pyridine rings is 1. The molecule has 0 bridgehead atoms.